The molecule has 1 atom stereocenters. The summed E-state index contributed by atoms with van der Waals surface area (Å²) in [6, 6.07) is -1.09. The molecule has 0 spiro atoms. The molecule has 1 aliphatic rings. The Morgan fingerprint density at radius 3 is 2.61 bits per heavy atom. The van der Waals surface area contributed by atoms with E-state index in [0.29, 0.717) is 17.7 Å². The molecule has 0 aliphatic carbocycles. The van der Waals surface area contributed by atoms with Gasteiger partial charge in [0.15, 0.2) is 0 Å². The molecule has 7 heteroatoms. The molecule has 0 radical (unpaired) electrons. The van der Waals surface area contributed by atoms with Gasteiger partial charge in [-0.05, 0) is 19.3 Å². The number of carbonyl (C=O) groups is 2. The molecule has 0 bridgehead atoms. The summed E-state index contributed by atoms with van der Waals surface area (Å²) in [5.41, 5.74) is 0. The summed E-state index contributed by atoms with van der Waals surface area (Å²) in [6.45, 7) is 2.04. The van der Waals surface area contributed by atoms with Gasteiger partial charge < -0.3 is 9.64 Å². The molecule has 0 aromatic carbocycles. The lowest BCUT2D eigenvalue weighted by Gasteiger charge is -2.24. The van der Waals surface area contributed by atoms with E-state index in [9.17, 15) is 22.8 Å². The average Bonchev–Trinajstić information content (AvgIpc) is 2.75. The predicted molar refractivity (Wildman–Crippen MR) is 56.7 cm³/mol. The van der Waals surface area contributed by atoms with Gasteiger partial charge >= 0.3 is 18.1 Å². The quantitative estimate of drug-likeness (QED) is 0.577. The van der Waals surface area contributed by atoms with Crippen LogP contribution in [-0.2, 0) is 14.3 Å². The van der Waals surface area contributed by atoms with E-state index in [1.165, 1.54) is 0 Å². The van der Waals surface area contributed by atoms with E-state index >= 15 is 0 Å². The van der Waals surface area contributed by atoms with E-state index in [1.54, 1.807) is 0 Å². The molecule has 1 aliphatic heterocycles. The second-order valence-electron chi connectivity index (χ2n) is 4.18. The van der Waals surface area contributed by atoms with Crippen LogP contribution in [0.25, 0.3) is 0 Å². The van der Waals surface area contributed by atoms with Gasteiger partial charge in [-0.3, -0.25) is 4.79 Å². The fourth-order valence-corrected chi connectivity index (χ4v) is 1.83. The topological polar surface area (TPSA) is 46.6 Å². The molecule has 1 rings (SSSR count). The number of carbonyl (C=O) groups excluding carboxylic acids is 2. The van der Waals surface area contributed by atoms with Crippen LogP contribution in [0, 0.1) is 0 Å². The van der Waals surface area contributed by atoms with Gasteiger partial charge in [-0.2, -0.15) is 13.2 Å². The first-order chi connectivity index (χ1) is 8.38. The molecule has 1 fully saturated rings. The predicted octanol–water partition coefficient (Wildman–Crippen LogP) is 1.88. The van der Waals surface area contributed by atoms with Crippen LogP contribution < -0.4 is 0 Å². The number of hydrogen-bond acceptors (Lipinski definition) is 3. The van der Waals surface area contributed by atoms with Crippen molar-refractivity contribution in [2.24, 2.45) is 0 Å². The van der Waals surface area contributed by atoms with Crippen molar-refractivity contribution in [2.45, 2.75) is 44.8 Å². The molecule has 1 saturated heterocycles. The van der Waals surface area contributed by atoms with Gasteiger partial charge in [-0.1, -0.05) is 13.3 Å². The third-order valence-electron chi connectivity index (χ3n) is 2.77. The second kappa shape index (κ2) is 6.06. The standard InChI is InChI=1S/C11H16F3NO3/c1-2-3-7-18-9(16)8-5-4-6-15(8)10(17)11(12,13)14/h8H,2-7H2,1H3/t8-/m0/s1. The number of unbranched alkanes of at least 4 members (excludes halogenated alkanes) is 1. The third kappa shape index (κ3) is 3.61. The smallest absolute Gasteiger partial charge is 0.464 e. The Hall–Kier alpha value is -1.27. The van der Waals surface area contributed by atoms with E-state index in [0.717, 1.165) is 6.42 Å². The summed E-state index contributed by atoms with van der Waals surface area (Å²) < 4.78 is 41.8. The van der Waals surface area contributed by atoms with Crippen molar-refractivity contribution >= 4 is 11.9 Å². The lowest BCUT2D eigenvalue weighted by atomic mass is 10.2. The lowest BCUT2D eigenvalue weighted by molar-refractivity contribution is -0.188. The van der Waals surface area contributed by atoms with Crippen LogP contribution in [0.4, 0.5) is 13.2 Å². The highest BCUT2D eigenvalue weighted by atomic mass is 19.4. The fourth-order valence-electron chi connectivity index (χ4n) is 1.83. The number of alkyl halides is 3. The Morgan fingerprint density at radius 2 is 2.06 bits per heavy atom. The van der Waals surface area contributed by atoms with Crippen LogP contribution in [0.5, 0.6) is 0 Å². The number of nitrogens with zero attached hydrogens (tertiary/aromatic N) is 1. The minimum absolute atomic E-state index is 0.0497. The highest BCUT2D eigenvalue weighted by Crippen LogP contribution is 2.26. The highest BCUT2D eigenvalue weighted by Gasteiger charge is 2.48. The maximum absolute atomic E-state index is 12.3. The van der Waals surface area contributed by atoms with E-state index in [4.69, 9.17) is 4.74 Å². The summed E-state index contributed by atoms with van der Waals surface area (Å²) in [7, 11) is 0. The number of amides is 1. The molecule has 0 saturated carbocycles. The Morgan fingerprint density at radius 1 is 1.39 bits per heavy atom. The number of rotatable bonds is 4. The lowest BCUT2D eigenvalue weighted by Crippen LogP contribution is -2.47. The molecule has 4 nitrogen and oxygen atoms in total. The van der Waals surface area contributed by atoms with Gasteiger partial charge in [0.2, 0.25) is 0 Å². The maximum Gasteiger partial charge on any atom is 0.471 e. The van der Waals surface area contributed by atoms with Gasteiger partial charge in [0.05, 0.1) is 6.61 Å². The molecule has 1 amide bonds. The van der Waals surface area contributed by atoms with Crippen LogP contribution in [0.2, 0.25) is 0 Å². The normalized spacial score (nSPS) is 20.0. The maximum atomic E-state index is 12.3. The first-order valence-corrected chi connectivity index (χ1v) is 5.92. The van der Waals surface area contributed by atoms with E-state index in [-0.39, 0.29) is 19.6 Å². The molecular formula is C11H16F3NO3. The molecule has 104 valence electrons. The van der Waals surface area contributed by atoms with Crippen LogP contribution in [0.1, 0.15) is 32.6 Å². The third-order valence-corrected chi connectivity index (χ3v) is 2.77. The zero-order valence-electron chi connectivity index (χ0n) is 10.1. The monoisotopic (exact) mass is 267 g/mol. The van der Waals surface area contributed by atoms with Crippen molar-refractivity contribution < 1.29 is 27.5 Å². The van der Waals surface area contributed by atoms with Gasteiger partial charge in [-0.15, -0.1) is 0 Å². The molecule has 0 unspecified atom stereocenters. The van der Waals surface area contributed by atoms with Crippen molar-refractivity contribution in [3.8, 4) is 0 Å². The molecular weight excluding hydrogens is 251 g/mol. The average molecular weight is 267 g/mol. The number of ether oxygens (including phenoxy) is 1. The van der Waals surface area contributed by atoms with E-state index in [1.807, 2.05) is 6.92 Å². The van der Waals surface area contributed by atoms with E-state index < -0.39 is 24.1 Å². The molecule has 0 N–H and O–H groups in total. The zero-order valence-corrected chi connectivity index (χ0v) is 10.1. The van der Waals surface area contributed by atoms with Crippen molar-refractivity contribution in [3.05, 3.63) is 0 Å². The summed E-state index contributed by atoms with van der Waals surface area (Å²) in [4.78, 5) is 23.2. The van der Waals surface area contributed by atoms with Crippen molar-refractivity contribution in [3.63, 3.8) is 0 Å². The van der Waals surface area contributed by atoms with Gasteiger partial charge in [-0.25, -0.2) is 4.79 Å². The molecule has 1 heterocycles. The van der Waals surface area contributed by atoms with Crippen LogP contribution >= 0.6 is 0 Å². The second-order valence-corrected chi connectivity index (χ2v) is 4.18. The van der Waals surface area contributed by atoms with Crippen molar-refractivity contribution in [2.75, 3.05) is 13.2 Å². The number of halogens is 3. The molecule has 0 aromatic rings. The number of esters is 1. The van der Waals surface area contributed by atoms with Crippen molar-refractivity contribution in [1.29, 1.82) is 0 Å². The van der Waals surface area contributed by atoms with Crippen LogP contribution in [0.3, 0.4) is 0 Å². The van der Waals surface area contributed by atoms with E-state index in [2.05, 4.69) is 0 Å². The minimum Gasteiger partial charge on any atom is -0.464 e. The zero-order chi connectivity index (χ0) is 13.8. The Kier molecular flexibility index (Phi) is 4.98. The number of likely N-dealkylation sites (tertiary alicyclic amines) is 1. The van der Waals surface area contributed by atoms with Gasteiger partial charge in [0, 0.05) is 6.54 Å². The summed E-state index contributed by atoms with van der Waals surface area (Å²) in [5.74, 6) is -2.70. The number of hydrogen-bond donors (Lipinski definition) is 0. The first kappa shape index (κ1) is 14.8. The highest BCUT2D eigenvalue weighted by molar-refractivity contribution is 5.88. The molecule has 18 heavy (non-hydrogen) atoms. The molecule has 0 aromatic heterocycles. The Bertz CT molecular complexity index is 317. The Labute approximate surface area is 103 Å². The largest absolute Gasteiger partial charge is 0.471 e. The Balaban J connectivity index is 2.59. The summed E-state index contributed by atoms with van der Waals surface area (Å²) in [6.07, 6.45) is -2.84. The van der Waals surface area contributed by atoms with Gasteiger partial charge in [0.25, 0.3) is 0 Å². The first-order valence-electron chi connectivity index (χ1n) is 5.92. The fraction of sp³-hybridized carbons (Fsp3) is 0.818. The van der Waals surface area contributed by atoms with Crippen molar-refractivity contribution in [1.82, 2.24) is 4.90 Å². The SMILES string of the molecule is CCCCOC(=O)[C@@H]1CCCN1C(=O)C(F)(F)F. The van der Waals surface area contributed by atoms with Crippen LogP contribution in [-0.4, -0.2) is 42.1 Å². The summed E-state index contributed by atoms with van der Waals surface area (Å²) in [5, 5.41) is 0. The van der Waals surface area contributed by atoms with Crippen LogP contribution in [0.15, 0.2) is 0 Å². The minimum atomic E-state index is -4.94. The van der Waals surface area contributed by atoms with Gasteiger partial charge in [0.1, 0.15) is 6.04 Å². The summed E-state index contributed by atoms with van der Waals surface area (Å²) >= 11 is 0.